The predicted molar refractivity (Wildman–Crippen MR) is 92.7 cm³/mol. The van der Waals surface area contributed by atoms with E-state index in [0.717, 1.165) is 12.8 Å². The second-order valence-electron chi connectivity index (χ2n) is 6.25. The van der Waals surface area contributed by atoms with Gasteiger partial charge >= 0.3 is 0 Å². The molecular formula is C16H19Cl3N2O2. The van der Waals surface area contributed by atoms with Crippen molar-refractivity contribution in [3.05, 3.63) is 27.2 Å². The zero-order valence-electron chi connectivity index (χ0n) is 12.8. The number of piperidine rings is 1. The normalized spacial score (nSPS) is 26.2. The van der Waals surface area contributed by atoms with Crippen molar-refractivity contribution in [2.45, 2.75) is 43.8 Å². The van der Waals surface area contributed by atoms with E-state index in [1.54, 1.807) is 4.90 Å². The molecule has 2 aliphatic rings. The first-order valence-electron chi connectivity index (χ1n) is 7.73. The quantitative estimate of drug-likeness (QED) is 0.812. The topological polar surface area (TPSA) is 41.6 Å². The molecule has 0 spiro atoms. The van der Waals surface area contributed by atoms with E-state index in [4.69, 9.17) is 39.5 Å². The summed E-state index contributed by atoms with van der Waals surface area (Å²) in [5.41, 5.74) is 0. The Morgan fingerprint density at radius 2 is 1.78 bits per heavy atom. The van der Waals surface area contributed by atoms with E-state index < -0.39 is 0 Å². The highest BCUT2D eigenvalue weighted by atomic mass is 35.5. The minimum absolute atomic E-state index is 0.0570. The molecule has 1 amide bonds. The molecule has 0 aliphatic carbocycles. The van der Waals surface area contributed by atoms with E-state index in [1.807, 2.05) is 7.05 Å². The number of likely N-dealkylation sites (N-methyl/N-ethyl adjacent to an activating group) is 1. The summed E-state index contributed by atoms with van der Waals surface area (Å²) < 4.78 is 5.53. The van der Waals surface area contributed by atoms with Crippen molar-refractivity contribution in [1.82, 2.24) is 10.2 Å². The molecule has 2 aliphatic heterocycles. The molecule has 2 fully saturated rings. The maximum Gasteiger partial charge on any atom is 0.260 e. The van der Waals surface area contributed by atoms with Crippen molar-refractivity contribution in [2.24, 2.45) is 0 Å². The lowest BCUT2D eigenvalue weighted by Crippen LogP contribution is -2.49. The molecule has 0 radical (unpaired) electrons. The van der Waals surface area contributed by atoms with Crippen LogP contribution in [0.2, 0.25) is 15.1 Å². The molecular weight excluding hydrogens is 359 g/mol. The first kappa shape index (κ1) is 17.2. The smallest absolute Gasteiger partial charge is 0.260 e. The molecule has 2 bridgehead atoms. The zero-order valence-corrected chi connectivity index (χ0v) is 15.1. The lowest BCUT2D eigenvalue weighted by molar-refractivity contribution is -0.134. The monoisotopic (exact) mass is 376 g/mol. The van der Waals surface area contributed by atoms with E-state index in [-0.39, 0.29) is 18.6 Å². The van der Waals surface area contributed by atoms with Gasteiger partial charge < -0.3 is 15.0 Å². The molecule has 7 heteroatoms. The number of benzene rings is 1. The summed E-state index contributed by atoms with van der Waals surface area (Å²) in [6.07, 6.45) is 4.43. The van der Waals surface area contributed by atoms with Crippen molar-refractivity contribution in [3.8, 4) is 5.75 Å². The average Bonchev–Trinajstić information content (AvgIpc) is 2.86. The Hall–Kier alpha value is -0.680. The van der Waals surface area contributed by atoms with Crippen LogP contribution in [0.1, 0.15) is 25.7 Å². The van der Waals surface area contributed by atoms with Crippen LogP contribution in [0.5, 0.6) is 5.75 Å². The van der Waals surface area contributed by atoms with Gasteiger partial charge in [-0.2, -0.15) is 0 Å². The van der Waals surface area contributed by atoms with Gasteiger partial charge in [-0.05, 0) is 31.7 Å². The standard InChI is InChI=1S/C16H19Cl3N2O2/c1-21(11-4-9-2-3-10(5-11)20-9)16(22)8-23-15-7-13(18)12(17)6-14(15)19/h6-7,9-11,20H,2-5,8H2,1H3. The summed E-state index contributed by atoms with van der Waals surface area (Å²) in [5, 5.41) is 4.63. The van der Waals surface area contributed by atoms with E-state index in [9.17, 15) is 4.79 Å². The van der Waals surface area contributed by atoms with Gasteiger partial charge in [0.25, 0.3) is 5.91 Å². The third-order valence-electron chi connectivity index (χ3n) is 4.72. The summed E-state index contributed by atoms with van der Waals surface area (Å²) in [5.74, 6) is 0.312. The molecule has 1 aromatic carbocycles. The highest BCUT2D eigenvalue weighted by Gasteiger charge is 2.36. The van der Waals surface area contributed by atoms with Crippen LogP contribution in [0, 0.1) is 0 Å². The molecule has 0 saturated carbocycles. The van der Waals surface area contributed by atoms with Gasteiger partial charge in [-0.15, -0.1) is 0 Å². The van der Waals surface area contributed by atoms with Crippen molar-refractivity contribution < 1.29 is 9.53 Å². The molecule has 1 aromatic rings. The van der Waals surface area contributed by atoms with Crippen LogP contribution in [0.25, 0.3) is 0 Å². The molecule has 0 aromatic heterocycles. The summed E-state index contributed by atoms with van der Waals surface area (Å²) >= 11 is 17.9. The number of fused-ring (bicyclic) bond motifs is 2. The second kappa shape index (κ2) is 7.06. The largest absolute Gasteiger partial charge is 0.482 e. The SMILES string of the molecule is CN(C(=O)COc1cc(Cl)c(Cl)cc1Cl)C1CC2CCC(C1)N2. The van der Waals surface area contributed by atoms with Crippen molar-refractivity contribution in [2.75, 3.05) is 13.7 Å². The number of carbonyl (C=O) groups excluding carboxylic acids is 1. The molecule has 2 heterocycles. The van der Waals surface area contributed by atoms with Crippen LogP contribution in [-0.2, 0) is 4.79 Å². The molecule has 3 rings (SSSR count). The number of amides is 1. The molecule has 126 valence electrons. The summed E-state index contributed by atoms with van der Waals surface area (Å²) in [7, 11) is 1.84. The molecule has 2 saturated heterocycles. The van der Waals surface area contributed by atoms with E-state index in [1.165, 1.54) is 25.0 Å². The highest BCUT2D eigenvalue weighted by molar-refractivity contribution is 6.43. The van der Waals surface area contributed by atoms with Gasteiger partial charge in [0.1, 0.15) is 5.75 Å². The maximum atomic E-state index is 12.4. The lowest BCUT2D eigenvalue weighted by atomic mass is 9.98. The number of rotatable bonds is 4. The Balaban J connectivity index is 1.58. The van der Waals surface area contributed by atoms with Gasteiger partial charge in [-0.25, -0.2) is 0 Å². The third-order valence-corrected chi connectivity index (χ3v) is 5.73. The molecule has 1 N–H and O–H groups in total. The minimum atomic E-state index is -0.0621. The second-order valence-corrected chi connectivity index (χ2v) is 7.47. The number of ether oxygens (including phenoxy) is 1. The van der Waals surface area contributed by atoms with Gasteiger partial charge in [-0.3, -0.25) is 4.79 Å². The summed E-state index contributed by atoms with van der Waals surface area (Å²) in [6.45, 7) is -0.0621. The summed E-state index contributed by atoms with van der Waals surface area (Å²) in [6, 6.07) is 4.40. The van der Waals surface area contributed by atoms with Gasteiger partial charge in [0.2, 0.25) is 0 Å². The Morgan fingerprint density at radius 1 is 1.17 bits per heavy atom. The van der Waals surface area contributed by atoms with Crippen LogP contribution in [0.15, 0.2) is 12.1 Å². The van der Waals surface area contributed by atoms with Crippen molar-refractivity contribution >= 4 is 40.7 Å². The zero-order chi connectivity index (χ0) is 16.6. The van der Waals surface area contributed by atoms with E-state index >= 15 is 0 Å². The number of carbonyl (C=O) groups is 1. The van der Waals surface area contributed by atoms with Crippen molar-refractivity contribution in [1.29, 1.82) is 0 Å². The summed E-state index contributed by atoms with van der Waals surface area (Å²) in [4.78, 5) is 14.2. The van der Waals surface area contributed by atoms with Crippen LogP contribution in [0.3, 0.4) is 0 Å². The Bertz CT molecular complexity index is 599. The Kier molecular flexibility index (Phi) is 5.26. The van der Waals surface area contributed by atoms with Crippen LogP contribution in [0.4, 0.5) is 0 Å². The third kappa shape index (κ3) is 3.87. The fraction of sp³-hybridized carbons (Fsp3) is 0.562. The van der Waals surface area contributed by atoms with Gasteiger partial charge in [0, 0.05) is 31.2 Å². The Morgan fingerprint density at radius 3 is 2.43 bits per heavy atom. The molecule has 2 unspecified atom stereocenters. The minimum Gasteiger partial charge on any atom is -0.482 e. The van der Waals surface area contributed by atoms with Crippen LogP contribution >= 0.6 is 34.8 Å². The van der Waals surface area contributed by atoms with E-state index in [2.05, 4.69) is 5.32 Å². The Labute approximate surface area is 151 Å². The molecule has 23 heavy (non-hydrogen) atoms. The number of hydrogen-bond acceptors (Lipinski definition) is 3. The van der Waals surface area contributed by atoms with Crippen molar-refractivity contribution in [3.63, 3.8) is 0 Å². The van der Waals surface area contributed by atoms with Gasteiger partial charge in [-0.1, -0.05) is 34.8 Å². The number of halogens is 3. The van der Waals surface area contributed by atoms with Crippen LogP contribution < -0.4 is 10.1 Å². The lowest BCUT2D eigenvalue weighted by Gasteiger charge is -2.35. The van der Waals surface area contributed by atoms with Gasteiger partial charge in [0.15, 0.2) is 6.61 Å². The van der Waals surface area contributed by atoms with Gasteiger partial charge in [0.05, 0.1) is 15.1 Å². The van der Waals surface area contributed by atoms with Crippen LogP contribution in [-0.4, -0.2) is 42.6 Å². The number of nitrogens with one attached hydrogen (secondary N) is 1. The fourth-order valence-electron chi connectivity index (χ4n) is 3.40. The molecule has 4 nitrogen and oxygen atoms in total. The predicted octanol–water partition coefficient (Wildman–Crippen LogP) is 3.77. The first-order valence-corrected chi connectivity index (χ1v) is 8.86. The number of nitrogens with zero attached hydrogens (tertiary/aromatic N) is 1. The van der Waals surface area contributed by atoms with E-state index in [0.29, 0.717) is 32.9 Å². The number of hydrogen-bond donors (Lipinski definition) is 1. The highest BCUT2D eigenvalue weighted by Crippen LogP contribution is 2.34. The average molecular weight is 378 g/mol. The molecule has 2 atom stereocenters. The first-order chi connectivity index (χ1) is 10.9. The maximum absolute atomic E-state index is 12.4. The fourth-order valence-corrected chi connectivity index (χ4v) is 3.99.